The highest BCUT2D eigenvalue weighted by Gasteiger charge is 2.25. The third-order valence-electron chi connectivity index (χ3n) is 4.39. The van der Waals surface area contributed by atoms with Gasteiger partial charge in [0, 0.05) is 23.4 Å². The number of primary sulfonamides is 1. The summed E-state index contributed by atoms with van der Waals surface area (Å²) in [5.74, 6) is 0.0775. The van der Waals surface area contributed by atoms with Gasteiger partial charge in [-0.1, -0.05) is 19.9 Å². The third kappa shape index (κ3) is 4.13. The molecule has 2 aromatic rings. The second-order valence-corrected chi connectivity index (χ2v) is 9.39. The van der Waals surface area contributed by atoms with Gasteiger partial charge in [0.2, 0.25) is 10.0 Å². The minimum absolute atomic E-state index is 0.0661. The maximum Gasteiger partial charge on any atom is 0.254 e. The van der Waals surface area contributed by atoms with Crippen molar-refractivity contribution in [1.82, 2.24) is 9.88 Å². The van der Waals surface area contributed by atoms with Gasteiger partial charge in [0.1, 0.15) is 0 Å². The lowest BCUT2D eigenvalue weighted by Gasteiger charge is -2.25. The standard InChI is InChI=1S/C18H25N3O3S2/c1-10(2)17-20-12(4)16(25-17)13(5)21(6)18(22)15-9-14(26(19,23)24)8-7-11(15)3/h7-10,13H,1-6H3,(H2,19,23,24). The van der Waals surface area contributed by atoms with Crippen LogP contribution < -0.4 is 5.14 Å². The van der Waals surface area contributed by atoms with E-state index < -0.39 is 10.0 Å². The second-order valence-electron chi connectivity index (χ2n) is 6.77. The quantitative estimate of drug-likeness (QED) is 0.840. The summed E-state index contributed by atoms with van der Waals surface area (Å²) in [6, 6.07) is 4.17. The topological polar surface area (TPSA) is 93.4 Å². The molecule has 6 nitrogen and oxygen atoms in total. The number of thiazole rings is 1. The van der Waals surface area contributed by atoms with Gasteiger partial charge in [-0.3, -0.25) is 4.79 Å². The molecule has 1 aromatic carbocycles. The first-order chi connectivity index (χ1) is 11.9. The molecule has 0 saturated carbocycles. The summed E-state index contributed by atoms with van der Waals surface area (Å²) < 4.78 is 23.2. The van der Waals surface area contributed by atoms with Crippen LogP contribution in [0.5, 0.6) is 0 Å². The van der Waals surface area contributed by atoms with Crippen LogP contribution in [0.25, 0.3) is 0 Å². The van der Waals surface area contributed by atoms with Gasteiger partial charge in [-0.15, -0.1) is 11.3 Å². The van der Waals surface area contributed by atoms with Gasteiger partial charge >= 0.3 is 0 Å². The summed E-state index contributed by atoms with van der Waals surface area (Å²) in [7, 11) is -2.15. The first-order valence-corrected chi connectivity index (χ1v) is 10.7. The highest BCUT2D eigenvalue weighted by Crippen LogP contribution is 2.32. The van der Waals surface area contributed by atoms with Gasteiger partial charge in [0.15, 0.2) is 0 Å². The number of carbonyl (C=O) groups excluding carboxylic acids is 1. The van der Waals surface area contributed by atoms with E-state index in [1.165, 1.54) is 12.1 Å². The average Bonchev–Trinajstić information content (AvgIpc) is 2.94. The van der Waals surface area contributed by atoms with Crippen LogP contribution in [0.1, 0.15) is 64.2 Å². The number of aromatic nitrogens is 1. The molecule has 0 radical (unpaired) electrons. The molecular weight excluding hydrogens is 370 g/mol. The van der Waals surface area contributed by atoms with Crippen molar-refractivity contribution in [3.63, 3.8) is 0 Å². The predicted octanol–water partition coefficient (Wildman–Crippen LogP) is 3.36. The Labute approximate surface area is 159 Å². The smallest absolute Gasteiger partial charge is 0.254 e. The summed E-state index contributed by atoms with van der Waals surface area (Å²) in [6.45, 7) is 9.83. The molecule has 1 aromatic heterocycles. The Bertz CT molecular complexity index is 933. The van der Waals surface area contributed by atoms with Gasteiger partial charge in [-0.2, -0.15) is 0 Å². The normalized spacial score (nSPS) is 13.1. The van der Waals surface area contributed by atoms with Crippen molar-refractivity contribution in [1.29, 1.82) is 0 Å². The van der Waals surface area contributed by atoms with Crippen molar-refractivity contribution >= 4 is 27.3 Å². The summed E-state index contributed by atoms with van der Waals surface area (Å²) in [5, 5.41) is 6.23. The Morgan fingerprint density at radius 1 is 1.23 bits per heavy atom. The maximum absolute atomic E-state index is 13.0. The number of amides is 1. The van der Waals surface area contributed by atoms with E-state index in [4.69, 9.17) is 5.14 Å². The van der Waals surface area contributed by atoms with E-state index >= 15 is 0 Å². The number of aryl methyl sites for hydroxylation is 2. The van der Waals surface area contributed by atoms with Gasteiger partial charge in [-0.25, -0.2) is 18.5 Å². The molecule has 1 amide bonds. The summed E-state index contributed by atoms with van der Waals surface area (Å²) in [4.78, 5) is 20.2. The van der Waals surface area contributed by atoms with E-state index in [9.17, 15) is 13.2 Å². The lowest BCUT2D eigenvalue weighted by Crippen LogP contribution is -2.30. The number of rotatable bonds is 5. The number of nitrogens with two attached hydrogens (primary N) is 1. The minimum Gasteiger partial charge on any atom is -0.334 e. The van der Waals surface area contributed by atoms with Gasteiger partial charge in [0.05, 0.1) is 21.6 Å². The predicted molar refractivity (Wildman–Crippen MR) is 104 cm³/mol. The molecule has 0 bridgehead atoms. The van der Waals surface area contributed by atoms with Crippen molar-refractivity contribution in [2.75, 3.05) is 7.05 Å². The highest BCUT2D eigenvalue weighted by molar-refractivity contribution is 7.89. The number of sulfonamides is 1. The molecule has 2 N–H and O–H groups in total. The molecule has 0 saturated heterocycles. The van der Waals surface area contributed by atoms with Gasteiger partial charge in [-0.05, 0) is 38.5 Å². The third-order valence-corrected chi connectivity index (χ3v) is 6.93. The summed E-state index contributed by atoms with van der Waals surface area (Å²) >= 11 is 1.61. The van der Waals surface area contributed by atoms with Crippen molar-refractivity contribution in [2.45, 2.75) is 51.5 Å². The largest absolute Gasteiger partial charge is 0.334 e. The molecule has 0 aliphatic rings. The molecular formula is C18H25N3O3S2. The van der Waals surface area contributed by atoms with E-state index in [0.29, 0.717) is 17.0 Å². The zero-order chi connectivity index (χ0) is 19.8. The molecule has 0 spiro atoms. The minimum atomic E-state index is -3.87. The zero-order valence-corrected chi connectivity index (χ0v) is 17.5. The van der Waals surface area contributed by atoms with Crippen LogP contribution in [0.3, 0.4) is 0 Å². The Kier molecular flexibility index (Phi) is 5.89. The zero-order valence-electron chi connectivity index (χ0n) is 15.9. The number of benzene rings is 1. The van der Waals surface area contributed by atoms with Crippen LogP contribution in [0.15, 0.2) is 23.1 Å². The Balaban J connectivity index is 2.38. The Morgan fingerprint density at radius 2 is 1.85 bits per heavy atom. The molecule has 1 atom stereocenters. The molecule has 8 heteroatoms. The number of carbonyl (C=O) groups is 1. The monoisotopic (exact) mass is 395 g/mol. The molecule has 26 heavy (non-hydrogen) atoms. The second kappa shape index (κ2) is 7.46. The van der Waals surface area contributed by atoms with Crippen LogP contribution in [-0.2, 0) is 10.0 Å². The van der Waals surface area contributed by atoms with Gasteiger partial charge < -0.3 is 4.90 Å². The van der Waals surface area contributed by atoms with E-state index in [-0.39, 0.29) is 16.8 Å². The van der Waals surface area contributed by atoms with E-state index in [1.807, 2.05) is 13.8 Å². The lowest BCUT2D eigenvalue weighted by atomic mass is 10.1. The van der Waals surface area contributed by atoms with Crippen molar-refractivity contribution in [3.8, 4) is 0 Å². The molecule has 0 aliphatic carbocycles. The molecule has 142 valence electrons. The number of nitrogens with zero attached hydrogens (tertiary/aromatic N) is 2. The average molecular weight is 396 g/mol. The fourth-order valence-electron chi connectivity index (χ4n) is 2.61. The number of hydrogen-bond acceptors (Lipinski definition) is 5. The number of hydrogen-bond donors (Lipinski definition) is 1. The van der Waals surface area contributed by atoms with Crippen molar-refractivity contribution < 1.29 is 13.2 Å². The fourth-order valence-corrected chi connectivity index (χ4v) is 4.32. The molecule has 0 fully saturated rings. The van der Waals surface area contributed by atoms with Crippen LogP contribution in [-0.4, -0.2) is 31.3 Å². The SMILES string of the molecule is Cc1ccc(S(N)(=O)=O)cc1C(=O)N(C)C(C)c1sc(C(C)C)nc1C. The lowest BCUT2D eigenvalue weighted by molar-refractivity contribution is 0.0743. The van der Waals surface area contributed by atoms with Crippen molar-refractivity contribution in [2.24, 2.45) is 5.14 Å². The van der Waals surface area contributed by atoms with E-state index in [1.54, 1.807) is 36.3 Å². The highest BCUT2D eigenvalue weighted by atomic mass is 32.2. The molecule has 1 heterocycles. The molecule has 1 unspecified atom stereocenters. The summed E-state index contributed by atoms with van der Waals surface area (Å²) in [5.41, 5.74) is 1.95. The Hall–Kier alpha value is -1.77. The van der Waals surface area contributed by atoms with Crippen LogP contribution >= 0.6 is 11.3 Å². The Morgan fingerprint density at radius 3 is 2.35 bits per heavy atom. The maximum atomic E-state index is 13.0. The first kappa shape index (κ1) is 20.5. The fraction of sp³-hybridized carbons (Fsp3) is 0.444. The first-order valence-electron chi connectivity index (χ1n) is 8.31. The van der Waals surface area contributed by atoms with Gasteiger partial charge in [0.25, 0.3) is 5.91 Å². The van der Waals surface area contributed by atoms with Crippen LogP contribution in [0.2, 0.25) is 0 Å². The van der Waals surface area contributed by atoms with Crippen LogP contribution in [0, 0.1) is 13.8 Å². The van der Waals surface area contributed by atoms with E-state index in [2.05, 4.69) is 18.8 Å². The van der Waals surface area contributed by atoms with Crippen LogP contribution in [0.4, 0.5) is 0 Å². The van der Waals surface area contributed by atoms with Crippen molar-refractivity contribution in [3.05, 3.63) is 44.9 Å². The molecule has 0 aliphatic heterocycles. The van der Waals surface area contributed by atoms with E-state index in [0.717, 1.165) is 15.6 Å². The molecule has 2 rings (SSSR count). The summed E-state index contributed by atoms with van der Waals surface area (Å²) in [6.07, 6.45) is 0.